The summed E-state index contributed by atoms with van der Waals surface area (Å²) in [6.45, 7) is 10.3. The summed E-state index contributed by atoms with van der Waals surface area (Å²) >= 11 is 12.6. The first-order chi connectivity index (χ1) is 15.1. The van der Waals surface area contributed by atoms with Crippen LogP contribution in [0.15, 0.2) is 54.4 Å². The lowest BCUT2D eigenvalue weighted by Gasteiger charge is -2.23. The zero-order chi connectivity index (χ0) is 21.7. The fourth-order valence-electron chi connectivity index (χ4n) is 5.06. The maximum Gasteiger partial charge on any atom is 0.285 e. The van der Waals surface area contributed by atoms with E-state index in [9.17, 15) is 0 Å². The second-order valence-corrected chi connectivity index (χ2v) is 8.81. The number of fused-ring (bicyclic) bond motifs is 4. The summed E-state index contributed by atoms with van der Waals surface area (Å²) in [4.78, 5) is 4.71. The van der Waals surface area contributed by atoms with Crippen molar-refractivity contribution in [2.75, 3.05) is 22.9 Å². The monoisotopic (exact) mass is 580 g/mol. The molecule has 1 aromatic heterocycles. The SMILES string of the molecule is CCN1C(=CC=C2CCn3c2[n+](CC)c2ccc(Cl)cc23)N(CC)c2cc(Cl)ccc21.[I-]. The van der Waals surface area contributed by atoms with Gasteiger partial charge in [-0.15, -0.1) is 0 Å². The number of anilines is 2. The van der Waals surface area contributed by atoms with Crippen molar-refractivity contribution in [2.45, 2.75) is 40.3 Å². The Balaban J connectivity index is 0.00000245. The molecule has 0 fully saturated rings. The highest BCUT2D eigenvalue weighted by molar-refractivity contribution is 6.31. The smallest absolute Gasteiger partial charge is 0.285 e. The van der Waals surface area contributed by atoms with Gasteiger partial charge in [0.05, 0.1) is 24.5 Å². The minimum atomic E-state index is 0. The maximum absolute atomic E-state index is 6.31. The summed E-state index contributed by atoms with van der Waals surface area (Å²) in [5, 5.41) is 1.56. The number of hydrogen-bond acceptors (Lipinski definition) is 2. The van der Waals surface area contributed by atoms with Crippen LogP contribution in [0.5, 0.6) is 0 Å². The lowest BCUT2D eigenvalue weighted by molar-refractivity contribution is -0.670. The number of aryl methyl sites for hydroxylation is 2. The summed E-state index contributed by atoms with van der Waals surface area (Å²) in [7, 11) is 0. The molecule has 3 aromatic rings. The molecule has 0 saturated heterocycles. The van der Waals surface area contributed by atoms with E-state index in [1.807, 2.05) is 12.1 Å². The fourth-order valence-corrected chi connectivity index (χ4v) is 5.40. The standard InChI is InChI=1S/C25H27Cl2N4.HI/c1-4-28-20-10-8-18(26)15-22(20)29(5-2)24(28)12-7-17-13-14-31-23-16-19(27)9-11-21(23)30(6-3)25(17)31;/h7-12,15-16H,4-6,13-14H2,1-3H3;1H/q+1;/p-1. The van der Waals surface area contributed by atoms with Gasteiger partial charge in [-0.3, -0.25) is 0 Å². The van der Waals surface area contributed by atoms with E-state index in [1.165, 1.54) is 39.6 Å². The number of aromatic nitrogens is 2. The average molecular weight is 581 g/mol. The van der Waals surface area contributed by atoms with Crippen molar-refractivity contribution in [1.82, 2.24) is 4.57 Å². The van der Waals surface area contributed by atoms with Crippen LogP contribution < -0.4 is 38.3 Å². The zero-order valence-corrected chi connectivity index (χ0v) is 22.2. The quantitative estimate of drug-likeness (QED) is 0.348. The van der Waals surface area contributed by atoms with E-state index < -0.39 is 0 Å². The largest absolute Gasteiger partial charge is 1.00 e. The van der Waals surface area contributed by atoms with Crippen LogP contribution >= 0.6 is 23.2 Å². The molecule has 5 rings (SSSR count). The summed E-state index contributed by atoms with van der Waals surface area (Å²) in [6.07, 6.45) is 5.61. The minimum Gasteiger partial charge on any atom is -1.00 e. The molecule has 0 saturated carbocycles. The minimum absolute atomic E-state index is 0. The second-order valence-electron chi connectivity index (χ2n) is 7.94. The van der Waals surface area contributed by atoms with E-state index in [1.54, 1.807) is 0 Å². The van der Waals surface area contributed by atoms with E-state index in [4.69, 9.17) is 23.2 Å². The molecule has 2 aromatic carbocycles. The molecule has 4 nitrogen and oxygen atoms in total. The van der Waals surface area contributed by atoms with Gasteiger partial charge < -0.3 is 33.8 Å². The van der Waals surface area contributed by atoms with Gasteiger partial charge in [0.15, 0.2) is 11.0 Å². The van der Waals surface area contributed by atoms with Gasteiger partial charge in [-0.05, 0) is 63.3 Å². The first kappa shape index (κ1) is 23.5. The Bertz CT molecular complexity index is 1240. The number of allylic oxidation sites excluding steroid dienone is 3. The third kappa shape index (κ3) is 3.62. The first-order valence-electron chi connectivity index (χ1n) is 11.0. The molecule has 0 amide bonds. The second kappa shape index (κ2) is 9.27. The van der Waals surface area contributed by atoms with Crippen LogP contribution in [0.1, 0.15) is 33.0 Å². The van der Waals surface area contributed by atoms with Gasteiger partial charge in [0, 0.05) is 41.2 Å². The maximum atomic E-state index is 6.31. The van der Waals surface area contributed by atoms with Gasteiger partial charge in [0.25, 0.3) is 5.82 Å². The topological polar surface area (TPSA) is 15.3 Å². The van der Waals surface area contributed by atoms with Crippen molar-refractivity contribution >= 4 is 51.2 Å². The average Bonchev–Trinajstić information content (AvgIpc) is 3.40. The Labute approximate surface area is 216 Å². The Morgan fingerprint density at radius 3 is 2.31 bits per heavy atom. The lowest BCUT2D eigenvalue weighted by Crippen LogP contribution is -3.00. The van der Waals surface area contributed by atoms with Crippen LogP contribution in [0, 0.1) is 0 Å². The third-order valence-corrected chi connectivity index (χ3v) is 6.85. The van der Waals surface area contributed by atoms with Crippen molar-refractivity contribution in [3.63, 3.8) is 0 Å². The molecule has 0 aliphatic carbocycles. The molecule has 0 bridgehead atoms. The number of nitrogens with zero attached hydrogens (tertiary/aromatic N) is 4. The van der Waals surface area contributed by atoms with Crippen LogP contribution in [-0.2, 0) is 13.1 Å². The van der Waals surface area contributed by atoms with Gasteiger partial charge in [-0.25, -0.2) is 9.13 Å². The number of benzene rings is 2. The molecule has 3 heterocycles. The number of imidazole rings is 1. The van der Waals surface area contributed by atoms with Crippen LogP contribution in [-0.4, -0.2) is 17.7 Å². The molecule has 0 N–H and O–H groups in total. The third-order valence-electron chi connectivity index (χ3n) is 6.38. The molecule has 2 aliphatic rings. The Kier molecular flexibility index (Phi) is 6.80. The van der Waals surface area contributed by atoms with E-state index in [-0.39, 0.29) is 24.0 Å². The molecule has 0 radical (unpaired) electrons. The van der Waals surface area contributed by atoms with Crippen LogP contribution in [0.25, 0.3) is 16.6 Å². The predicted molar refractivity (Wildman–Crippen MR) is 131 cm³/mol. The van der Waals surface area contributed by atoms with Gasteiger partial charge in [0.1, 0.15) is 5.82 Å². The zero-order valence-electron chi connectivity index (χ0n) is 18.6. The predicted octanol–water partition coefficient (Wildman–Crippen LogP) is 3.25. The number of rotatable bonds is 4. The molecule has 0 unspecified atom stereocenters. The van der Waals surface area contributed by atoms with Gasteiger partial charge in [-0.1, -0.05) is 23.2 Å². The first-order valence-corrected chi connectivity index (χ1v) is 11.8. The molecule has 0 atom stereocenters. The summed E-state index contributed by atoms with van der Waals surface area (Å²) in [5.41, 5.74) is 6.22. The molecule has 32 heavy (non-hydrogen) atoms. The molecule has 2 aliphatic heterocycles. The Hall–Kier alpha value is -1.70. The summed E-state index contributed by atoms with van der Waals surface area (Å²) < 4.78 is 4.81. The van der Waals surface area contributed by atoms with Crippen molar-refractivity contribution in [3.05, 3.63) is 70.2 Å². The molecule has 0 spiro atoms. The van der Waals surface area contributed by atoms with E-state index in [2.05, 4.69) is 76.1 Å². The fraction of sp³-hybridized carbons (Fsp3) is 0.320. The van der Waals surface area contributed by atoms with Crippen molar-refractivity contribution in [3.8, 4) is 0 Å². The molecular weight excluding hydrogens is 554 g/mol. The van der Waals surface area contributed by atoms with Gasteiger partial charge >= 0.3 is 0 Å². The van der Waals surface area contributed by atoms with Crippen LogP contribution in [0.3, 0.4) is 0 Å². The van der Waals surface area contributed by atoms with Crippen molar-refractivity contribution in [1.29, 1.82) is 0 Å². The van der Waals surface area contributed by atoms with E-state index in [0.717, 1.165) is 42.6 Å². The lowest BCUT2D eigenvalue weighted by atomic mass is 10.2. The summed E-state index contributed by atoms with van der Waals surface area (Å²) in [6, 6.07) is 12.4. The van der Waals surface area contributed by atoms with Crippen LogP contribution in [0.2, 0.25) is 10.0 Å². The molecule has 168 valence electrons. The van der Waals surface area contributed by atoms with Gasteiger partial charge in [0.2, 0.25) is 0 Å². The highest BCUT2D eigenvalue weighted by atomic mass is 127. The van der Waals surface area contributed by atoms with E-state index in [0.29, 0.717) is 0 Å². The van der Waals surface area contributed by atoms with Crippen LogP contribution in [0.4, 0.5) is 11.4 Å². The molecular formula is C25H27Cl2IN4. The van der Waals surface area contributed by atoms with E-state index >= 15 is 0 Å². The molecule has 7 heteroatoms. The summed E-state index contributed by atoms with van der Waals surface area (Å²) in [5.74, 6) is 2.50. The Morgan fingerprint density at radius 2 is 1.59 bits per heavy atom. The van der Waals surface area contributed by atoms with Crippen molar-refractivity contribution < 1.29 is 28.5 Å². The Morgan fingerprint density at radius 1 is 0.906 bits per heavy atom. The highest BCUT2D eigenvalue weighted by Gasteiger charge is 2.33. The van der Waals surface area contributed by atoms with Crippen molar-refractivity contribution in [2.24, 2.45) is 0 Å². The van der Waals surface area contributed by atoms with Gasteiger partial charge in [-0.2, -0.15) is 0 Å². The highest BCUT2D eigenvalue weighted by Crippen LogP contribution is 2.43. The normalized spacial score (nSPS) is 17.4. The number of halogens is 3. The number of hydrogen-bond donors (Lipinski definition) is 0.